The highest BCUT2D eigenvalue weighted by molar-refractivity contribution is 7.09. The molecule has 0 bridgehead atoms. The molecule has 1 amide bonds. The van der Waals surface area contributed by atoms with Crippen molar-refractivity contribution in [1.29, 1.82) is 0 Å². The van der Waals surface area contributed by atoms with E-state index in [9.17, 15) is 4.79 Å². The summed E-state index contributed by atoms with van der Waals surface area (Å²) in [5.41, 5.74) is 2.27. The minimum atomic E-state index is -0.213. The molecular weight excluding hydrogens is 338 g/mol. The van der Waals surface area contributed by atoms with Crippen LogP contribution in [0.5, 0.6) is 11.5 Å². The Kier molecular flexibility index (Phi) is 4.15. The summed E-state index contributed by atoms with van der Waals surface area (Å²) in [5.74, 6) is 1.26. The van der Waals surface area contributed by atoms with E-state index >= 15 is 0 Å². The van der Waals surface area contributed by atoms with Gasteiger partial charge < -0.3 is 19.8 Å². The molecule has 0 radical (unpaired) electrons. The van der Waals surface area contributed by atoms with Gasteiger partial charge in [0.1, 0.15) is 18.4 Å². The normalized spacial score (nSPS) is 15.8. The SMILES string of the molecule is Cc1nc(-c2c[nH]c(C(=O)NC[C@@H]3COc4ccccc4O3)c2)cs1. The van der Waals surface area contributed by atoms with Gasteiger partial charge in [-0.2, -0.15) is 0 Å². The highest BCUT2D eigenvalue weighted by atomic mass is 32.1. The average molecular weight is 355 g/mol. The molecule has 3 aromatic rings. The van der Waals surface area contributed by atoms with Crippen molar-refractivity contribution >= 4 is 17.2 Å². The molecule has 0 saturated heterocycles. The molecule has 4 rings (SSSR count). The first-order valence-corrected chi connectivity index (χ1v) is 8.84. The number of carbonyl (C=O) groups is 1. The number of nitrogens with zero attached hydrogens (tertiary/aromatic N) is 1. The van der Waals surface area contributed by atoms with Crippen molar-refractivity contribution in [3.8, 4) is 22.8 Å². The van der Waals surface area contributed by atoms with Gasteiger partial charge in [-0.3, -0.25) is 4.79 Å². The number of aryl methyl sites for hydroxylation is 1. The Labute approximate surface area is 148 Å². The number of para-hydroxylation sites is 2. The number of benzene rings is 1. The Balaban J connectivity index is 1.36. The number of amides is 1. The maximum absolute atomic E-state index is 12.3. The Morgan fingerprint density at radius 2 is 2.24 bits per heavy atom. The molecule has 2 N–H and O–H groups in total. The molecule has 6 nitrogen and oxygen atoms in total. The third-order valence-corrected chi connectivity index (χ3v) is 4.67. The Bertz CT molecular complexity index is 902. The van der Waals surface area contributed by atoms with Crippen molar-refractivity contribution in [3.05, 3.63) is 52.6 Å². The third kappa shape index (κ3) is 3.36. The smallest absolute Gasteiger partial charge is 0.267 e. The second-order valence-electron chi connectivity index (χ2n) is 5.76. The second kappa shape index (κ2) is 6.60. The maximum Gasteiger partial charge on any atom is 0.267 e. The quantitative estimate of drug-likeness (QED) is 0.754. The number of ether oxygens (including phenoxy) is 2. The van der Waals surface area contributed by atoms with E-state index in [0.29, 0.717) is 24.6 Å². The lowest BCUT2D eigenvalue weighted by molar-refractivity contribution is 0.0787. The van der Waals surface area contributed by atoms with E-state index in [-0.39, 0.29) is 12.0 Å². The van der Waals surface area contributed by atoms with Gasteiger partial charge in [0, 0.05) is 17.1 Å². The number of rotatable bonds is 4. The van der Waals surface area contributed by atoms with Gasteiger partial charge in [-0.05, 0) is 25.1 Å². The molecule has 7 heteroatoms. The zero-order valence-corrected chi connectivity index (χ0v) is 14.4. The number of hydrogen-bond acceptors (Lipinski definition) is 5. The molecule has 0 spiro atoms. The Morgan fingerprint density at radius 1 is 1.40 bits per heavy atom. The highest BCUT2D eigenvalue weighted by Gasteiger charge is 2.21. The van der Waals surface area contributed by atoms with Crippen LogP contribution in [0.1, 0.15) is 15.5 Å². The summed E-state index contributed by atoms with van der Waals surface area (Å²) in [5, 5.41) is 5.85. The zero-order chi connectivity index (χ0) is 17.2. The second-order valence-corrected chi connectivity index (χ2v) is 6.82. The van der Waals surface area contributed by atoms with Crippen molar-refractivity contribution in [2.24, 2.45) is 0 Å². The van der Waals surface area contributed by atoms with E-state index in [0.717, 1.165) is 22.0 Å². The van der Waals surface area contributed by atoms with Crippen molar-refractivity contribution in [2.75, 3.05) is 13.2 Å². The summed E-state index contributed by atoms with van der Waals surface area (Å²) in [4.78, 5) is 19.7. The molecule has 1 aliphatic rings. The summed E-state index contributed by atoms with van der Waals surface area (Å²) in [6.45, 7) is 2.74. The summed E-state index contributed by atoms with van der Waals surface area (Å²) >= 11 is 1.58. The van der Waals surface area contributed by atoms with E-state index in [1.54, 1.807) is 23.6 Å². The monoisotopic (exact) mass is 355 g/mol. The van der Waals surface area contributed by atoms with E-state index in [2.05, 4.69) is 15.3 Å². The summed E-state index contributed by atoms with van der Waals surface area (Å²) < 4.78 is 11.5. The number of carbonyl (C=O) groups excluding carboxylic acids is 1. The van der Waals surface area contributed by atoms with Crippen LogP contribution in [0.15, 0.2) is 41.9 Å². The van der Waals surface area contributed by atoms with Crippen LogP contribution in [0.25, 0.3) is 11.3 Å². The lowest BCUT2D eigenvalue weighted by Gasteiger charge is -2.26. The van der Waals surface area contributed by atoms with Crippen molar-refractivity contribution in [2.45, 2.75) is 13.0 Å². The molecule has 1 atom stereocenters. The van der Waals surface area contributed by atoms with Gasteiger partial charge in [0.2, 0.25) is 0 Å². The van der Waals surface area contributed by atoms with E-state index < -0.39 is 0 Å². The van der Waals surface area contributed by atoms with Crippen LogP contribution >= 0.6 is 11.3 Å². The number of aromatic amines is 1. The molecular formula is C18H17N3O3S. The summed E-state index contributed by atoms with van der Waals surface area (Å²) in [6, 6.07) is 9.32. The van der Waals surface area contributed by atoms with Crippen molar-refractivity contribution in [3.63, 3.8) is 0 Å². The van der Waals surface area contributed by atoms with Gasteiger partial charge in [-0.1, -0.05) is 12.1 Å². The number of fused-ring (bicyclic) bond motifs is 1. The first kappa shape index (κ1) is 15.7. The van der Waals surface area contributed by atoms with E-state index in [4.69, 9.17) is 9.47 Å². The number of aromatic nitrogens is 2. The molecule has 1 aliphatic heterocycles. The fraction of sp³-hybridized carbons (Fsp3) is 0.222. The van der Waals surface area contributed by atoms with Gasteiger partial charge >= 0.3 is 0 Å². The van der Waals surface area contributed by atoms with E-state index in [1.165, 1.54) is 0 Å². The van der Waals surface area contributed by atoms with E-state index in [1.807, 2.05) is 36.6 Å². The molecule has 0 fully saturated rings. The minimum absolute atomic E-state index is 0.180. The predicted molar refractivity (Wildman–Crippen MR) is 95.3 cm³/mol. The molecule has 0 unspecified atom stereocenters. The molecule has 3 heterocycles. The summed E-state index contributed by atoms with van der Waals surface area (Å²) in [6.07, 6.45) is 1.58. The highest BCUT2D eigenvalue weighted by Crippen LogP contribution is 2.30. The molecule has 128 valence electrons. The average Bonchev–Trinajstić information content (AvgIpc) is 3.28. The fourth-order valence-corrected chi connectivity index (χ4v) is 3.26. The largest absolute Gasteiger partial charge is 0.486 e. The van der Waals surface area contributed by atoms with Crippen LogP contribution in [0, 0.1) is 6.92 Å². The first-order valence-electron chi connectivity index (χ1n) is 7.96. The van der Waals surface area contributed by atoms with Crippen LogP contribution in [0.2, 0.25) is 0 Å². The van der Waals surface area contributed by atoms with Gasteiger partial charge in [0.25, 0.3) is 5.91 Å². The van der Waals surface area contributed by atoms with Gasteiger partial charge in [0.05, 0.1) is 17.2 Å². The first-order chi connectivity index (χ1) is 12.2. The Hall–Kier alpha value is -2.80. The van der Waals surface area contributed by atoms with Crippen LogP contribution in [0.4, 0.5) is 0 Å². The topological polar surface area (TPSA) is 76.2 Å². The number of thiazole rings is 1. The molecule has 25 heavy (non-hydrogen) atoms. The van der Waals surface area contributed by atoms with Crippen molar-refractivity contribution in [1.82, 2.24) is 15.3 Å². The number of hydrogen-bond donors (Lipinski definition) is 2. The predicted octanol–water partition coefficient (Wildman–Crippen LogP) is 3.02. The standard InChI is InChI=1S/C18H17N3O3S/c1-11-21-15(10-25-11)12-6-14(19-7-12)18(22)20-8-13-9-23-16-4-2-3-5-17(16)24-13/h2-7,10,13,19H,8-9H2,1H3,(H,20,22)/t13-/m1/s1. The summed E-state index contributed by atoms with van der Waals surface area (Å²) in [7, 11) is 0. The lowest BCUT2D eigenvalue weighted by Crippen LogP contribution is -2.40. The van der Waals surface area contributed by atoms with Gasteiger partial charge in [-0.15, -0.1) is 11.3 Å². The zero-order valence-electron chi connectivity index (χ0n) is 13.6. The minimum Gasteiger partial charge on any atom is -0.486 e. The van der Waals surface area contributed by atoms with Crippen LogP contribution in [-0.2, 0) is 0 Å². The number of H-pyrrole nitrogens is 1. The molecule has 1 aromatic carbocycles. The Morgan fingerprint density at radius 3 is 3.04 bits per heavy atom. The molecule has 0 saturated carbocycles. The lowest BCUT2D eigenvalue weighted by atomic mass is 10.2. The van der Waals surface area contributed by atoms with Gasteiger partial charge in [-0.25, -0.2) is 4.98 Å². The van der Waals surface area contributed by atoms with Crippen molar-refractivity contribution < 1.29 is 14.3 Å². The fourth-order valence-electron chi connectivity index (χ4n) is 2.63. The third-order valence-electron chi connectivity index (χ3n) is 3.90. The van der Waals surface area contributed by atoms with Crippen LogP contribution in [0.3, 0.4) is 0 Å². The van der Waals surface area contributed by atoms with Gasteiger partial charge in [0.15, 0.2) is 11.5 Å². The number of nitrogens with one attached hydrogen (secondary N) is 2. The van der Waals surface area contributed by atoms with Crippen LogP contribution in [-0.4, -0.2) is 35.1 Å². The molecule has 2 aromatic heterocycles. The van der Waals surface area contributed by atoms with Crippen LogP contribution < -0.4 is 14.8 Å². The molecule has 0 aliphatic carbocycles. The maximum atomic E-state index is 12.3.